The summed E-state index contributed by atoms with van der Waals surface area (Å²) in [5.41, 5.74) is 0.854. The van der Waals surface area contributed by atoms with E-state index in [-0.39, 0.29) is 11.7 Å². The highest BCUT2D eigenvalue weighted by atomic mass is 16.1. The van der Waals surface area contributed by atoms with Crippen LogP contribution < -0.4 is 0 Å². The Morgan fingerprint density at radius 2 is 1.80 bits per heavy atom. The van der Waals surface area contributed by atoms with Crippen molar-refractivity contribution < 1.29 is 4.79 Å². The largest absolute Gasteiger partial charge is 0.297 e. The van der Waals surface area contributed by atoms with Crippen molar-refractivity contribution in [3.63, 3.8) is 0 Å². The van der Waals surface area contributed by atoms with Gasteiger partial charge in [-0.1, -0.05) is 54.9 Å². The molecule has 0 N–H and O–H groups in total. The zero-order valence-corrected chi connectivity index (χ0v) is 23.6. The third kappa shape index (κ3) is 5.40. The number of rotatable bonds is 4. The van der Waals surface area contributed by atoms with Crippen LogP contribution in [0, 0.1) is 64.1 Å². The highest BCUT2D eigenvalue weighted by Crippen LogP contribution is 2.65. The summed E-state index contributed by atoms with van der Waals surface area (Å²) in [6, 6.07) is 2.10. The van der Waals surface area contributed by atoms with Crippen LogP contribution in [-0.4, -0.2) is 15.6 Å². The number of hydrogen-bond donors (Lipinski definition) is 0. The Kier molecular flexibility index (Phi) is 9.64. The molecule has 0 spiro atoms. The molecule has 0 amide bonds. The minimum Gasteiger partial charge on any atom is -0.297 e. The fourth-order valence-corrected chi connectivity index (χ4v) is 8.99. The molecule has 196 valence electrons. The molecule has 1 heterocycles. The maximum Gasteiger partial charge on any atom is 0.157 e. The zero-order chi connectivity index (χ0) is 25.8. The number of fused-ring (bicyclic) bond motifs is 5. The van der Waals surface area contributed by atoms with Crippen LogP contribution in [0.25, 0.3) is 0 Å². The summed E-state index contributed by atoms with van der Waals surface area (Å²) >= 11 is 0. The van der Waals surface area contributed by atoms with E-state index in [1.165, 1.54) is 57.8 Å². The van der Waals surface area contributed by atoms with Crippen molar-refractivity contribution in [3.05, 3.63) is 18.0 Å². The van der Waals surface area contributed by atoms with Crippen LogP contribution >= 0.6 is 0 Å². The number of Topliss-reactive ketones (excluding diaryl/α,β-unsaturated/α-hetero) is 1. The second kappa shape index (κ2) is 12.1. The molecule has 0 radical (unpaired) electrons. The second-order valence-corrected chi connectivity index (χ2v) is 11.9. The normalized spacial score (nSPS) is 38.2. The number of carbonyl (C=O) groups is 1. The average Bonchev–Trinajstić information content (AvgIpc) is 3.49. The summed E-state index contributed by atoms with van der Waals surface area (Å²) in [7, 11) is 0. The molecule has 9 atom stereocenters. The molecule has 4 aliphatic carbocycles. The molecule has 9 unspecified atom stereocenters. The van der Waals surface area contributed by atoms with Crippen molar-refractivity contribution in [2.45, 2.75) is 113 Å². The molecule has 4 saturated carbocycles. The van der Waals surface area contributed by atoms with Crippen LogP contribution in [0.1, 0.15) is 112 Å². The molecule has 4 heteroatoms. The van der Waals surface area contributed by atoms with Gasteiger partial charge in [0.15, 0.2) is 5.78 Å². The first kappa shape index (κ1) is 27.9. The highest BCUT2D eigenvalue weighted by molar-refractivity contribution is 5.80. The Hall–Kier alpha value is -1.63. The first-order valence-electron chi connectivity index (χ1n) is 14.9. The van der Waals surface area contributed by atoms with Crippen molar-refractivity contribution in [3.8, 4) is 6.07 Å². The van der Waals surface area contributed by atoms with Gasteiger partial charge in [0, 0.05) is 12.1 Å². The number of ketones is 1. The lowest BCUT2D eigenvalue weighted by molar-refractivity contribution is -0.128. The van der Waals surface area contributed by atoms with E-state index in [9.17, 15) is 4.79 Å². The van der Waals surface area contributed by atoms with Crippen molar-refractivity contribution in [2.75, 3.05) is 0 Å². The molecular formula is C31H51N3O. The van der Waals surface area contributed by atoms with Crippen LogP contribution in [0.15, 0.2) is 12.4 Å². The van der Waals surface area contributed by atoms with Gasteiger partial charge < -0.3 is 0 Å². The summed E-state index contributed by atoms with van der Waals surface area (Å²) in [6.07, 6.45) is 15.8. The molecule has 0 saturated heterocycles. The smallest absolute Gasteiger partial charge is 0.157 e. The summed E-state index contributed by atoms with van der Waals surface area (Å²) in [5, 5.41) is 13.2. The summed E-state index contributed by atoms with van der Waals surface area (Å²) in [6.45, 7) is 15.5. The number of nitrogens with zero attached hydrogens (tertiary/aromatic N) is 3. The van der Waals surface area contributed by atoms with Gasteiger partial charge in [-0.3, -0.25) is 9.48 Å². The topological polar surface area (TPSA) is 58.7 Å². The third-order valence-electron chi connectivity index (χ3n) is 10.5. The fraction of sp³-hybridized carbons (Fsp3) is 0.839. The van der Waals surface area contributed by atoms with Crippen LogP contribution in [0.3, 0.4) is 0 Å². The number of nitriles is 1. The number of carbonyl (C=O) groups excluding carboxylic acids is 1. The first-order chi connectivity index (χ1) is 16.9. The average molecular weight is 482 g/mol. The van der Waals surface area contributed by atoms with E-state index in [1.54, 1.807) is 17.1 Å². The molecular weight excluding hydrogens is 430 g/mol. The van der Waals surface area contributed by atoms with Gasteiger partial charge in [0.1, 0.15) is 6.07 Å². The van der Waals surface area contributed by atoms with Gasteiger partial charge in [-0.15, -0.1) is 0 Å². The molecule has 1 aromatic heterocycles. The number of hydrogen-bond acceptors (Lipinski definition) is 3. The van der Waals surface area contributed by atoms with E-state index in [0.29, 0.717) is 23.4 Å². The van der Waals surface area contributed by atoms with E-state index in [4.69, 9.17) is 5.26 Å². The Labute approximate surface area is 215 Å². The van der Waals surface area contributed by atoms with Crippen molar-refractivity contribution in [1.29, 1.82) is 5.26 Å². The van der Waals surface area contributed by atoms with E-state index >= 15 is 0 Å². The molecule has 0 aliphatic heterocycles. The van der Waals surface area contributed by atoms with E-state index in [0.717, 1.165) is 35.5 Å². The van der Waals surface area contributed by atoms with Crippen molar-refractivity contribution in [2.24, 2.45) is 52.8 Å². The molecule has 4 nitrogen and oxygen atoms in total. The maximum absolute atomic E-state index is 13.2. The van der Waals surface area contributed by atoms with Crippen LogP contribution in [0.4, 0.5) is 0 Å². The summed E-state index contributed by atoms with van der Waals surface area (Å²) in [4.78, 5) is 13.2. The molecule has 4 aliphatic rings. The van der Waals surface area contributed by atoms with Crippen LogP contribution in [0.5, 0.6) is 0 Å². The van der Waals surface area contributed by atoms with Gasteiger partial charge >= 0.3 is 0 Å². The van der Waals surface area contributed by atoms with E-state index in [2.05, 4.69) is 31.9 Å². The highest BCUT2D eigenvalue weighted by Gasteiger charge is 2.58. The minimum absolute atomic E-state index is 0.0770. The van der Waals surface area contributed by atoms with E-state index in [1.807, 2.05) is 27.7 Å². The second-order valence-electron chi connectivity index (χ2n) is 11.9. The molecule has 0 aromatic carbocycles. The molecule has 4 fully saturated rings. The Morgan fingerprint density at radius 1 is 1.09 bits per heavy atom. The third-order valence-corrected chi connectivity index (χ3v) is 10.5. The van der Waals surface area contributed by atoms with Crippen molar-refractivity contribution >= 4 is 5.78 Å². The van der Waals surface area contributed by atoms with Crippen LogP contribution in [-0.2, 0) is 11.3 Å². The Morgan fingerprint density at radius 3 is 2.49 bits per heavy atom. The predicted octanol–water partition coefficient (Wildman–Crippen LogP) is 7.92. The molecule has 0 bridgehead atoms. The number of aromatic nitrogens is 2. The zero-order valence-electron chi connectivity index (χ0n) is 23.6. The lowest BCUT2D eigenvalue weighted by atomic mass is 9.48. The van der Waals surface area contributed by atoms with Gasteiger partial charge in [0.25, 0.3) is 0 Å². The monoisotopic (exact) mass is 481 g/mol. The minimum atomic E-state index is 0.0770. The van der Waals surface area contributed by atoms with E-state index < -0.39 is 0 Å². The first-order valence-corrected chi connectivity index (χ1v) is 14.9. The summed E-state index contributed by atoms with van der Waals surface area (Å²) in [5.74, 6) is 6.48. The molecule has 5 rings (SSSR count). The fourth-order valence-electron chi connectivity index (χ4n) is 8.99. The predicted molar refractivity (Wildman–Crippen MR) is 144 cm³/mol. The van der Waals surface area contributed by atoms with Crippen molar-refractivity contribution in [1.82, 2.24) is 9.78 Å². The van der Waals surface area contributed by atoms with Gasteiger partial charge in [-0.2, -0.15) is 10.4 Å². The lowest BCUT2D eigenvalue weighted by Gasteiger charge is -2.56. The van der Waals surface area contributed by atoms with Crippen LogP contribution in [0.2, 0.25) is 0 Å². The molecule has 35 heavy (non-hydrogen) atoms. The van der Waals surface area contributed by atoms with Gasteiger partial charge in [-0.25, -0.2) is 0 Å². The Balaban J connectivity index is 0.000000815. The molecule has 1 aromatic rings. The summed E-state index contributed by atoms with van der Waals surface area (Å²) < 4.78 is 1.65. The standard InChI is InChI=1S/C27H39N3O.2C2H6/c1-17-4-6-21-20(12-17)5-7-23-22(21)10-11-27(3)24(8-9-25(23)27)18(2)26(31)16-30-15-19(13-28)14-29-30;2*1-2/h14-15,17-18,20-25H,4-12,16H2,1-3H3;2*1-2H3. The van der Waals surface area contributed by atoms with Gasteiger partial charge in [-0.05, 0) is 98.2 Å². The maximum atomic E-state index is 13.2. The quantitative estimate of drug-likeness (QED) is 0.439. The Bertz CT molecular complexity index is 869. The lowest BCUT2D eigenvalue weighted by Crippen LogP contribution is -2.49. The van der Waals surface area contributed by atoms with Gasteiger partial charge in [0.2, 0.25) is 0 Å². The van der Waals surface area contributed by atoms with Gasteiger partial charge in [0.05, 0.1) is 18.3 Å². The SMILES string of the molecule is CC.CC.CC1CCC2C(CCC3C2CCC2(C)C(C(C)C(=O)Cn4cc(C#N)cn4)CCC32)C1.